The molecule has 8 heteroatoms. The van der Waals surface area contributed by atoms with Crippen LogP contribution in [0.4, 0.5) is 0 Å². The topological polar surface area (TPSA) is 81.7 Å². The number of benzene rings is 2. The predicted octanol–water partition coefficient (Wildman–Crippen LogP) is 4.46. The average Bonchev–Trinajstić information content (AvgIpc) is 3.57. The summed E-state index contributed by atoms with van der Waals surface area (Å²) in [4.78, 5) is 23.9. The van der Waals surface area contributed by atoms with E-state index in [0.29, 0.717) is 11.5 Å². The molecule has 2 aromatic carbocycles. The highest BCUT2D eigenvalue weighted by molar-refractivity contribution is 5.76. The van der Waals surface area contributed by atoms with Crippen LogP contribution in [0.25, 0.3) is 0 Å². The zero-order chi connectivity index (χ0) is 28.0. The first kappa shape index (κ1) is 29.0. The van der Waals surface area contributed by atoms with Gasteiger partial charge in [-0.25, -0.2) is 9.78 Å². The number of rotatable bonds is 13. The molecule has 0 aliphatic carbocycles. The van der Waals surface area contributed by atoms with E-state index in [9.17, 15) is 4.79 Å². The molecule has 0 spiro atoms. The van der Waals surface area contributed by atoms with E-state index in [1.54, 1.807) is 24.3 Å². The number of ether oxygens (including phenoxy) is 5. The highest BCUT2D eigenvalue weighted by atomic mass is 17.2. The first-order chi connectivity index (χ1) is 19.7. The molecular formula is C32H32O8. The summed E-state index contributed by atoms with van der Waals surface area (Å²) >= 11 is 0. The van der Waals surface area contributed by atoms with E-state index in [4.69, 9.17) is 39.9 Å². The van der Waals surface area contributed by atoms with Crippen LogP contribution in [0.3, 0.4) is 0 Å². The molecule has 1 unspecified atom stereocenters. The Morgan fingerprint density at radius 1 is 0.900 bits per heavy atom. The number of unbranched alkanes of at least 4 members (excludes halogenated alkanes) is 3. The molecule has 0 N–H and O–H groups in total. The Kier molecular flexibility index (Phi) is 11.3. The highest BCUT2D eigenvalue weighted by Gasteiger charge is 2.52. The zero-order valence-corrected chi connectivity index (χ0v) is 22.4. The number of hydrogen-bond acceptors (Lipinski definition) is 8. The predicted molar refractivity (Wildman–Crippen MR) is 146 cm³/mol. The molecule has 0 saturated carbocycles. The molecule has 0 aromatic heterocycles. The number of terminal acetylenes is 1. The molecule has 2 aromatic rings. The normalized spacial score (nSPS) is 20.7. The molecule has 2 saturated heterocycles. The van der Waals surface area contributed by atoms with Crippen LogP contribution in [0.5, 0.6) is 17.2 Å². The first-order valence-corrected chi connectivity index (χ1v) is 13.4. The summed E-state index contributed by atoms with van der Waals surface area (Å²) in [5.41, 5.74) is 0.948. The second-order valence-corrected chi connectivity index (χ2v) is 9.27. The minimum atomic E-state index is -0.579. The fourth-order valence-corrected chi connectivity index (χ4v) is 4.28. The van der Waals surface area contributed by atoms with Crippen LogP contribution in [-0.4, -0.2) is 44.1 Å². The van der Waals surface area contributed by atoms with Crippen molar-refractivity contribution >= 4 is 5.97 Å². The highest BCUT2D eigenvalue weighted by Crippen LogP contribution is 2.34. The number of carbonyl (C=O) groups is 1. The number of carbonyl (C=O) groups excluding carboxylic acids is 1. The SMILES string of the molecule is C#CC#CC#COc1ccc(OC(=O)C2CO[C@H]3[C@@H]2OC[C@H]3OOCc2ccc(OCCCCCC)cc2)cc1. The molecule has 0 bridgehead atoms. The second-order valence-electron chi connectivity index (χ2n) is 9.27. The van der Waals surface area contributed by atoms with Crippen LogP contribution in [0.2, 0.25) is 0 Å². The Hall–Kier alpha value is -3.97. The maximum Gasteiger partial charge on any atom is 0.319 e. The molecule has 2 fully saturated rings. The maximum absolute atomic E-state index is 12.8. The third-order valence-corrected chi connectivity index (χ3v) is 6.38. The zero-order valence-electron chi connectivity index (χ0n) is 22.4. The van der Waals surface area contributed by atoms with Crippen molar-refractivity contribution in [3.05, 3.63) is 54.1 Å². The van der Waals surface area contributed by atoms with Crippen molar-refractivity contribution in [1.82, 2.24) is 0 Å². The van der Waals surface area contributed by atoms with Crippen LogP contribution in [0.1, 0.15) is 38.2 Å². The summed E-state index contributed by atoms with van der Waals surface area (Å²) in [6, 6.07) is 14.2. The lowest BCUT2D eigenvalue weighted by atomic mass is 10.0. The second kappa shape index (κ2) is 15.6. The van der Waals surface area contributed by atoms with Gasteiger partial charge in [-0.05, 0) is 60.2 Å². The fourth-order valence-electron chi connectivity index (χ4n) is 4.28. The number of hydrogen-bond donors (Lipinski definition) is 0. The third kappa shape index (κ3) is 8.52. The molecule has 0 amide bonds. The molecule has 4 atom stereocenters. The van der Waals surface area contributed by atoms with Crippen LogP contribution >= 0.6 is 0 Å². The molecule has 0 radical (unpaired) electrons. The van der Waals surface area contributed by atoms with E-state index in [0.717, 1.165) is 24.3 Å². The first-order valence-electron chi connectivity index (χ1n) is 13.4. The monoisotopic (exact) mass is 544 g/mol. The molecule has 208 valence electrons. The summed E-state index contributed by atoms with van der Waals surface area (Å²) in [5.74, 6) is 10.1. The minimum Gasteiger partial charge on any atom is -0.494 e. The van der Waals surface area contributed by atoms with Gasteiger partial charge in [0.25, 0.3) is 0 Å². The lowest BCUT2D eigenvalue weighted by molar-refractivity contribution is -0.341. The van der Waals surface area contributed by atoms with Crippen molar-refractivity contribution in [2.75, 3.05) is 19.8 Å². The Balaban J connectivity index is 1.17. The van der Waals surface area contributed by atoms with Crippen LogP contribution in [0, 0.1) is 42.1 Å². The van der Waals surface area contributed by atoms with Gasteiger partial charge in [-0.1, -0.05) is 38.3 Å². The van der Waals surface area contributed by atoms with E-state index in [-0.39, 0.29) is 19.8 Å². The third-order valence-electron chi connectivity index (χ3n) is 6.38. The molecule has 8 nitrogen and oxygen atoms in total. The van der Waals surface area contributed by atoms with E-state index in [1.807, 2.05) is 24.3 Å². The van der Waals surface area contributed by atoms with Crippen molar-refractivity contribution in [3.8, 4) is 53.5 Å². The lowest BCUT2D eigenvalue weighted by Gasteiger charge is -2.16. The largest absolute Gasteiger partial charge is 0.494 e. The van der Waals surface area contributed by atoms with Gasteiger partial charge in [0.2, 0.25) is 0 Å². The maximum atomic E-state index is 12.8. The summed E-state index contributed by atoms with van der Waals surface area (Å²) in [7, 11) is 0. The van der Waals surface area contributed by atoms with Gasteiger partial charge in [-0.3, -0.25) is 4.79 Å². The fraction of sp³-hybridized carbons (Fsp3) is 0.406. The van der Waals surface area contributed by atoms with E-state index in [1.165, 1.54) is 19.3 Å². The van der Waals surface area contributed by atoms with E-state index >= 15 is 0 Å². The van der Waals surface area contributed by atoms with Crippen LogP contribution in [-0.2, 0) is 30.7 Å². The smallest absolute Gasteiger partial charge is 0.319 e. The molecular weight excluding hydrogens is 512 g/mol. The minimum absolute atomic E-state index is 0.170. The van der Waals surface area contributed by atoms with E-state index in [2.05, 4.69) is 36.7 Å². The summed E-state index contributed by atoms with van der Waals surface area (Å²) < 4.78 is 28.2. The van der Waals surface area contributed by atoms with Gasteiger partial charge in [0.05, 0.1) is 19.8 Å². The Bertz CT molecular complexity index is 1260. The Morgan fingerprint density at radius 3 is 2.42 bits per heavy atom. The summed E-state index contributed by atoms with van der Waals surface area (Å²) in [6.07, 6.45) is 10.8. The lowest BCUT2D eigenvalue weighted by Crippen LogP contribution is -2.35. The van der Waals surface area contributed by atoms with Gasteiger partial charge < -0.3 is 23.7 Å². The summed E-state index contributed by atoms with van der Waals surface area (Å²) in [5, 5.41) is 0. The van der Waals surface area contributed by atoms with Crippen molar-refractivity contribution in [3.63, 3.8) is 0 Å². The standard InChI is InChI=1S/C32H32O8/c1-3-5-7-9-19-34-25-13-11-24(12-14-25)21-38-40-29-23-37-30-28(22-36-31(29)30)32(33)39-27-17-15-26(16-18-27)35-20-10-8-6-4-2/h2,11-18,28-31H,3,5,7,9,19,21-23H2,1H3/t28?,29-,30-,31-/m1/s1. The average molecular weight is 545 g/mol. The van der Waals surface area contributed by atoms with Gasteiger partial charge in [0, 0.05) is 11.8 Å². The van der Waals surface area contributed by atoms with Gasteiger partial charge in [-0.15, -0.1) is 6.42 Å². The van der Waals surface area contributed by atoms with Crippen LogP contribution < -0.4 is 14.2 Å². The molecule has 2 aliphatic heterocycles. The van der Waals surface area contributed by atoms with Crippen molar-refractivity contribution in [2.45, 2.75) is 57.5 Å². The summed E-state index contributed by atoms with van der Waals surface area (Å²) in [6.45, 7) is 3.60. The van der Waals surface area contributed by atoms with Gasteiger partial charge in [0.1, 0.15) is 54.2 Å². The molecule has 2 heterocycles. The van der Waals surface area contributed by atoms with Crippen LogP contribution in [0.15, 0.2) is 48.5 Å². The molecule has 4 rings (SSSR count). The van der Waals surface area contributed by atoms with Crippen molar-refractivity contribution < 1.29 is 38.3 Å². The quantitative estimate of drug-likeness (QED) is 0.0914. The molecule has 2 aliphatic rings. The van der Waals surface area contributed by atoms with Crippen molar-refractivity contribution in [2.24, 2.45) is 5.92 Å². The van der Waals surface area contributed by atoms with Gasteiger partial charge >= 0.3 is 5.97 Å². The van der Waals surface area contributed by atoms with E-state index < -0.39 is 30.2 Å². The molecule has 40 heavy (non-hydrogen) atoms. The van der Waals surface area contributed by atoms with Gasteiger partial charge in [0.15, 0.2) is 0 Å². The van der Waals surface area contributed by atoms with Crippen molar-refractivity contribution in [1.29, 1.82) is 0 Å². The van der Waals surface area contributed by atoms with Gasteiger partial charge in [-0.2, -0.15) is 0 Å². The Morgan fingerprint density at radius 2 is 1.65 bits per heavy atom. The number of fused-ring (bicyclic) bond motifs is 1. The Labute approximate surface area is 235 Å². The number of esters is 1.